The SMILES string of the molecule is C=CC(=O)N1CCCC(c2c(Cl)c(-c3ccc(Oc4ccc(C)c(Cl)c4)c(C)c3)c3c(N)ncnn23)C1.C=CC(=O)N1CCC[C@@H](Nc2ncnc(N)c2-c2ccc(Oc3ccccc3)cc2)C1.C=CC(=O)Nc1cccc(Cn2ncc3cnc(Nc4cnn(C)c4)nc32)c1.C=CC(=O)Nc1cccc(Nc2nc(NC(=O)c3cccc(C(C)(C)C)c3)cn(C)c2=O)c1. The van der Waals surface area contributed by atoms with Crippen LogP contribution in [0.3, 0.4) is 0 Å². The van der Waals surface area contributed by atoms with Crippen molar-refractivity contribution in [1.82, 2.24) is 73.4 Å². The van der Waals surface area contributed by atoms with E-state index in [0.29, 0.717) is 105 Å². The number of nitrogens with two attached hydrogens (primary N) is 2. The molecule has 658 valence electrons. The van der Waals surface area contributed by atoms with Crippen LogP contribution < -0.4 is 58.4 Å². The molecule has 14 aromatic rings. The predicted octanol–water partition coefficient (Wildman–Crippen LogP) is 17.4. The lowest BCUT2D eigenvalue weighted by molar-refractivity contribution is -0.127. The maximum absolute atomic E-state index is 12.8. The van der Waals surface area contributed by atoms with Crippen molar-refractivity contribution in [3.05, 3.63) is 312 Å². The van der Waals surface area contributed by atoms with Gasteiger partial charge in [0.25, 0.3) is 11.5 Å². The van der Waals surface area contributed by atoms with E-state index in [-0.39, 0.29) is 64.1 Å². The minimum atomic E-state index is -0.372. The highest BCUT2D eigenvalue weighted by atomic mass is 35.5. The zero-order valence-electron chi connectivity index (χ0n) is 72.2. The number of anilines is 10. The highest BCUT2D eigenvalue weighted by Crippen LogP contribution is 2.45. The Hall–Kier alpha value is -15.6. The average Bonchev–Trinajstić information content (AvgIpc) is 1.58. The van der Waals surface area contributed by atoms with Crippen LogP contribution in [0.2, 0.25) is 10.0 Å². The predicted molar refractivity (Wildman–Crippen MR) is 507 cm³/mol. The molecule has 0 aliphatic carbocycles. The molecule has 0 radical (unpaired) electrons. The zero-order valence-corrected chi connectivity index (χ0v) is 73.7. The Kier molecular flexibility index (Phi) is 29.3. The fourth-order valence-electron chi connectivity index (χ4n) is 14.5. The van der Waals surface area contributed by atoms with Gasteiger partial charge in [-0.15, -0.1) is 0 Å². The van der Waals surface area contributed by atoms with Crippen molar-refractivity contribution in [2.75, 3.05) is 69.5 Å². The number of nitrogens with zero attached hydrogens (tertiary/aromatic N) is 15. The molecule has 31 nitrogen and oxygen atoms in total. The van der Waals surface area contributed by atoms with Crippen LogP contribution in [0.1, 0.15) is 90.7 Å². The summed E-state index contributed by atoms with van der Waals surface area (Å²) in [5.41, 5.74) is 24.5. The Balaban J connectivity index is 0.000000147. The first-order valence-electron chi connectivity index (χ1n) is 41.2. The highest BCUT2D eigenvalue weighted by molar-refractivity contribution is 6.35. The first-order valence-corrected chi connectivity index (χ1v) is 42.0. The van der Waals surface area contributed by atoms with E-state index in [9.17, 15) is 28.8 Å². The molecule has 1 unspecified atom stereocenters. The summed E-state index contributed by atoms with van der Waals surface area (Å²) in [6.07, 6.45) is 20.0. The number of likely N-dealkylation sites (tertiary alicyclic amines) is 2. The van der Waals surface area contributed by atoms with Crippen molar-refractivity contribution in [3.63, 3.8) is 0 Å². The number of ether oxygens (including phenoxy) is 2. The van der Waals surface area contributed by atoms with E-state index in [1.165, 1.54) is 47.7 Å². The van der Waals surface area contributed by atoms with Gasteiger partial charge in [0.15, 0.2) is 23.1 Å². The standard InChI is InChI=1S/C28H27Cl2N5O2.C25H27N5O3.C24H25N5O2.C19H18N8O/c1-4-23(36)34-11-5-6-19(14-34)26-25(30)24(27-28(31)32-15-33-35(26)27)18-8-10-22(17(3)12-18)37-20-9-7-16(2)21(29)13-20;1-6-21(31)26-18-11-8-12-19(14-18)27-22-24(33)30(5)15-20(28-22)29-23(32)16-9-7-10-17(13-16)25(2,3)4;1-2-21(30)29-14-6-7-18(15-29)28-24-22(23(25)26-16-27-24)17-10-12-20(13-11-17)31-19-8-4-3-5-9-19;1-3-17(28)23-15-6-4-5-13(7-15)11-27-18-14(9-22-27)8-20-19(25-18)24-16-10-21-26(2)12-16/h4,7-10,12-13,15,19H,1,5-6,11,14H2,2-3H3,(H2,31,32,33);6-15H,1H2,2-5H3,(H,26,31)(H,27,28)(H,29,32);2-5,8-13,16,18H,1,6-7,14-15H2,(H3,25,26,27,28);3-10,12H,1,11H2,2H3,(H,23,28)(H,20,24,25)/t;;18-;/m..1./s1. The molecule has 0 saturated carbocycles. The van der Waals surface area contributed by atoms with Gasteiger partial charge in [-0.1, -0.05) is 143 Å². The molecule has 7 aromatic heterocycles. The number of fused-ring (bicyclic) bond motifs is 2. The number of amides is 5. The molecule has 16 rings (SSSR count). The largest absolute Gasteiger partial charge is 0.457 e. The monoisotopic (exact) mass is 1770 g/mol. The van der Waals surface area contributed by atoms with E-state index in [2.05, 4.69) is 124 Å². The summed E-state index contributed by atoms with van der Waals surface area (Å²) in [6, 6.07) is 50.6. The number of aryl methyl sites for hydroxylation is 4. The lowest BCUT2D eigenvalue weighted by Crippen LogP contribution is -2.44. The Morgan fingerprint density at radius 1 is 0.581 bits per heavy atom. The summed E-state index contributed by atoms with van der Waals surface area (Å²) in [7, 11) is 3.42. The number of carbonyl (C=O) groups is 5. The molecule has 0 spiro atoms. The smallest absolute Gasteiger partial charge is 0.293 e. The third-order valence-corrected chi connectivity index (χ3v) is 21.8. The molecule has 2 fully saturated rings. The van der Waals surface area contributed by atoms with Gasteiger partial charge in [0, 0.05) is 104 Å². The van der Waals surface area contributed by atoms with Crippen LogP contribution in [0.5, 0.6) is 23.0 Å². The number of benzene rings is 7. The van der Waals surface area contributed by atoms with Crippen molar-refractivity contribution < 1.29 is 33.4 Å². The molecule has 2 saturated heterocycles. The summed E-state index contributed by atoms with van der Waals surface area (Å²) in [6.45, 7) is 27.3. The van der Waals surface area contributed by atoms with Crippen LogP contribution in [-0.2, 0) is 45.2 Å². The average molecular weight is 1770 g/mol. The van der Waals surface area contributed by atoms with Crippen molar-refractivity contribution in [3.8, 4) is 45.3 Å². The van der Waals surface area contributed by atoms with E-state index in [1.807, 2.05) is 154 Å². The Morgan fingerprint density at radius 2 is 1.26 bits per heavy atom. The van der Waals surface area contributed by atoms with E-state index in [4.69, 9.17) is 44.1 Å². The van der Waals surface area contributed by atoms with Gasteiger partial charge >= 0.3 is 0 Å². The molecular formula is C96H97Cl2N23O8. The van der Waals surface area contributed by atoms with E-state index >= 15 is 0 Å². The molecular weight excluding hydrogens is 1670 g/mol. The summed E-state index contributed by atoms with van der Waals surface area (Å²) >= 11 is 13.4. The summed E-state index contributed by atoms with van der Waals surface area (Å²) in [5, 5.41) is 32.8. The number of para-hydroxylation sites is 1. The van der Waals surface area contributed by atoms with Crippen molar-refractivity contribution in [2.24, 2.45) is 14.1 Å². The minimum Gasteiger partial charge on any atom is -0.457 e. The maximum Gasteiger partial charge on any atom is 0.293 e. The van der Waals surface area contributed by atoms with Crippen LogP contribution in [-0.4, -0.2) is 135 Å². The van der Waals surface area contributed by atoms with Crippen LogP contribution >= 0.6 is 23.2 Å². The number of carbonyl (C=O) groups excluding carboxylic acids is 5. The molecule has 7 aromatic carbocycles. The number of nitrogen functional groups attached to an aromatic ring is 2. The Labute approximate surface area is 754 Å². The number of aromatic nitrogens is 13. The Morgan fingerprint density at radius 3 is 1.95 bits per heavy atom. The second-order valence-electron chi connectivity index (χ2n) is 31.5. The molecule has 2 atom stereocenters. The van der Waals surface area contributed by atoms with Gasteiger partial charge in [-0.25, -0.2) is 34.1 Å². The topological polar surface area (TPSA) is 387 Å². The van der Waals surface area contributed by atoms with Crippen molar-refractivity contribution in [2.45, 2.75) is 84.2 Å². The maximum atomic E-state index is 12.8. The number of hydrogen-bond donors (Lipinski definition) is 8. The van der Waals surface area contributed by atoms with Gasteiger partial charge in [0.2, 0.25) is 29.6 Å². The van der Waals surface area contributed by atoms with Gasteiger partial charge in [0.1, 0.15) is 52.8 Å². The molecule has 10 N–H and O–H groups in total. The van der Waals surface area contributed by atoms with Gasteiger partial charge in [-0.05, 0) is 194 Å². The first kappa shape index (κ1) is 91.1. The van der Waals surface area contributed by atoms with Gasteiger partial charge < -0.3 is 67.2 Å². The second-order valence-corrected chi connectivity index (χ2v) is 32.3. The minimum absolute atomic E-state index is 0.00399. The van der Waals surface area contributed by atoms with Crippen molar-refractivity contribution in [1.29, 1.82) is 0 Å². The molecule has 9 heterocycles. The normalized spacial score (nSPS) is 13.4. The summed E-state index contributed by atoms with van der Waals surface area (Å²) in [5.74, 6) is 3.91. The fourth-order valence-corrected chi connectivity index (χ4v) is 15.1. The van der Waals surface area contributed by atoms with Crippen LogP contribution in [0.25, 0.3) is 38.8 Å². The number of halogens is 2. The number of hydrogen-bond acceptors (Lipinski definition) is 22. The molecule has 2 aliphatic heterocycles. The van der Waals surface area contributed by atoms with Gasteiger partial charge in [-0.2, -0.15) is 20.3 Å². The highest BCUT2D eigenvalue weighted by Gasteiger charge is 2.33. The lowest BCUT2D eigenvalue weighted by atomic mass is 9.86. The zero-order chi connectivity index (χ0) is 91.6. The third-order valence-electron chi connectivity index (χ3n) is 21.0. The molecule has 5 amide bonds. The second kappa shape index (κ2) is 41.5. The van der Waals surface area contributed by atoms with Gasteiger partial charge in [0.05, 0.1) is 46.3 Å². The summed E-state index contributed by atoms with van der Waals surface area (Å²) < 4.78 is 18.6. The lowest BCUT2D eigenvalue weighted by Gasteiger charge is -2.33. The number of rotatable bonds is 23. The van der Waals surface area contributed by atoms with E-state index < -0.39 is 0 Å². The number of piperidine rings is 2. The van der Waals surface area contributed by atoms with Crippen LogP contribution in [0.4, 0.5) is 57.8 Å². The Bertz CT molecular complexity index is 6580. The first-order chi connectivity index (χ1) is 62.1. The van der Waals surface area contributed by atoms with Gasteiger partial charge in [-0.3, -0.25) is 33.4 Å². The molecule has 33 heteroatoms. The fraction of sp³-hybridized carbons (Fsp3) is 0.198. The van der Waals surface area contributed by atoms with E-state index in [1.54, 1.807) is 85.7 Å². The van der Waals surface area contributed by atoms with Crippen molar-refractivity contribution >= 4 is 127 Å². The third kappa shape index (κ3) is 23.1. The quantitative estimate of drug-likeness (QED) is 0.0276. The molecule has 0 bridgehead atoms. The number of nitrogens with one attached hydrogen (secondary N) is 6. The molecule has 2 aliphatic rings. The van der Waals surface area contributed by atoms with Crippen LogP contribution in [0.15, 0.2) is 263 Å². The van der Waals surface area contributed by atoms with E-state index in [0.717, 1.165) is 105 Å². The van der Waals surface area contributed by atoms with Crippen LogP contribution in [0, 0.1) is 13.8 Å². The summed E-state index contributed by atoms with van der Waals surface area (Å²) in [4.78, 5) is 102. The molecule has 129 heavy (non-hydrogen) atoms.